The number of carbonyl (C=O) groups excluding carboxylic acids is 3. The van der Waals surface area contributed by atoms with Crippen molar-refractivity contribution in [2.24, 2.45) is 10.9 Å². The monoisotopic (exact) mass is 347 g/mol. The summed E-state index contributed by atoms with van der Waals surface area (Å²) in [5.74, 6) is -0.127. The lowest BCUT2D eigenvalue weighted by atomic mass is 10.1. The van der Waals surface area contributed by atoms with Gasteiger partial charge in [0, 0.05) is 24.2 Å². The molecule has 1 heterocycles. The molecule has 0 aliphatic carbocycles. The molecular formula is C17H21N3O3S. The van der Waals surface area contributed by atoms with Gasteiger partial charge in [-0.15, -0.1) is 0 Å². The molecule has 0 spiro atoms. The number of benzene rings is 1. The summed E-state index contributed by atoms with van der Waals surface area (Å²) in [5, 5.41) is 5.52. The molecule has 1 aliphatic rings. The molecular weight excluding hydrogens is 326 g/mol. The summed E-state index contributed by atoms with van der Waals surface area (Å²) in [4.78, 5) is 39.8. The number of nitrogens with one attached hydrogen (secondary N) is 2. The summed E-state index contributed by atoms with van der Waals surface area (Å²) in [6.07, 6.45) is 0.0570. The molecule has 6 nitrogen and oxygen atoms in total. The fourth-order valence-corrected chi connectivity index (χ4v) is 3.06. The summed E-state index contributed by atoms with van der Waals surface area (Å²) >= 11 is 1.28. The fourth-order valence-electron chi connectivity index (χ4n) is 2.08. The standard InChI is InChI=1S/C17H21N3O3S/c1-10(2)9-18-17-20-16(23)14(24-17)8-15(22)19-13-6-4-5-12(7-13)11(3)21/h4-7,10,14H,8-9H2,1-3H3,(H,19,22)(H,18,20,23). The Morgan fingerprint density at radius 1 is 1.38 bits per heavy atom. The third kappa shape index (κ3) is 5.19. The van der Waals surface area contributed by atoms with Gasteiger partial charge in [-0.3, -0.25) is 19.4 Å². The Labute approximate surface area is 145 Å². The Hall–Kier alpha value is -2.15. The van der Waals surface area contributed by atoms with Gasteiger partial charge in [0.1, 0.15) is 5.25 Å². The molecule has 0 radical (unpaired) electrons. The highest BCUT2D eigenvalue weighted by molar-refractivity contribution is 8.15. The van der Waals surface area contributed by atoms with E-state index < -0.39 is 5.25 Å². The van der Waals surface area contributed by atoms with Crippen LogP contribution >= 0.6 is 11.8 Å². The number of anilines is 1. The number of hydrogen-bond acceptors (Lipinski definition) is 5. The maximum absolute atomic E-state index is 12.1. The van der Waals surface area contributed by atoms with Crippen LogP contribution in [0.3, 0.4) is 0 Å². The van der Waals surface area contributed by atoms with Crippen molar-refractivity contribution in [2.45, 2.75) is 32.4 Å². The van der Waals surface area contributed by atoms with Crippen LogP contribution in [0.2, 0.25) is 0 Å². The number of hydrogen-bond donors (Lipinski definition) is 2. The third-order valence-electron chi connectivity index (χ3n) is 3.30. The van der Waals surface area contributed by atoms with E-state index in [9.17, 15) is 14.4 Å². The number of amidine groups is 1. The van der Waals surface area contributed by atoms with Crippen molar-refractivity contribution in [1.29, 1.82) is 0 Å². The highest BCUT2D eigenvalue weighted by atomic mass is 32.2. The first-order valence-corrected chi connectivity index (χ1v) is 8.66. The van der Waals surface area contributed by atoms with Gasteiger partial charge in [-0.05, 0) is 25.0 Å². The first kappa shape index (κ1) is 18.2. The van der Waals surface area contributed by atoms with E-state index in [0.717, 1.165) is 0 Å². The molecule has 1 aromatic rings. The second kappa shape index (κ2) is 8.10. The molecule has 2 amide bonds. The number of carbonyl (C=O) groups is 3. The van der Waals surface area contributed by atoms with E-state index in [4.69, 9.17) is 0 Å². The Balaban J connectivity index is 1.93. The highest BCUT2D eigenvalue weighted by Crippen LogP contribution is 2.23. The van der Waals surface area contributed by atoms with E-state index in [1.807, 2.05) is 13.8 Å². The second-order valence-electron chi connectivity index (χ2n) is 6.02. The third-order valence-corrected chi connectivity index (χ3v) is 4.42. The zero-order valence-electron chi connectivity index (χ0n) is 14.0. The van der Waals surface area contributed by atoms with Crippen LogP contribution in [-0.4, -0.2) is 34.6 Å². The molecule has 1 aromatic carbocycles. The Morgan fingerprint density at radius 3 is 2.79 bits per heavy atom. The van der Waals surface area contributed by atoms with Crippen molar-refractivity contribution in [3.8, 4) is 0 Å². The SMILES string of the molecule is CC(=O)c1cccc(NC(=O)CC2SC(=NCC(C)C)NC2=O)c1. The molecule has 128 valence electrons. The number of nitrogens with zero attached hydrogens (tertiary/aromatic N) is 1. The van der Waals surface area contributed by atoms with E-state index in [2.05, 4.69) is 15.6 Å². The molecule has 2 rings (SSSR count). The Kier molecular flexibility index (Phi) is 6.14. The Bertz CT molecular complexity index is 685. The van der Waals surface area contributed by atoms with E-state index in [1.54, 1.807) is 24.3 Å². The number of rotatable bonds is 6. The fraction of sp³-hybridized carbons (Fsp3) is 0.412. The molecule has 1 atom stereocenters. The van der Waals surface area contributed by atoms with Gasteiger partial charge < -0.3 is 10.6 Å². The van der Waals surface area contributed by atoms with E-state index >= 15 is 0 Å². The van der Waals surface area contributed by atoms with Crippen molar-refractivity contribution in [1.82, 2.24) is 5.32 Å². The highest BCUT2D eigenvalue weighted by Gasteiger charge is 2.32. The van der Waals surface area contributed by atoms with Gasteiger partial charge in [-0.2, -0.15) is 0 Å². The van der Waals surface area contributed by atoms with Crippen molar-refractivity contribution in [3.05, 3.63) is 29.8 Å². The van der Waals surface area contributed by atoms with Crippen molar-refractivity contribution < 1.29 is 14.4 Å². The zero-order valence-corrected chi connectivity index (χ0v) is 14.8. The van der Waals surface area contributed by atoms with E-state index in [1.165, 1.54) is 18.7 Å². The molecule has 0 aromatic heterocycles. The molecule has 1 saturated heterocycles. The lowest BCUT2D eigenvalue weighted by Crippen LogP contribution is -2.28. The van der Waals surface area contributed by atoms with E-state index in [-0.39, 0.29) is 24.0 Å². The van der Waals surface area contributed by atoms with Crippen LogP contribution in [0, 0.1) is 5.92 Å². The van der Waals surface area contributed by atoms with Gasteiger partial charge >= 0.3 is 0 Å². The molecule has 0 bridgehead atoms. The maximum Gasteiger partial charge on any atom is 0.240 e. The normalized spacial score (nSPS) is 18.8. The van der Waals surface area contributed by atoms with Crippen molar-refractivity contribution >= 4 is 40.2 Å². The summed E-state index contributed by atoms with van der Waals surface area (Å²) in [6.45, 7) is 6.20. The van der Waals surface area contributed by atoms with Gasteiger partial charge in [0.25, 0.3) is 0 Å². The Morgan fingerprint density at radius 2 is 2.12 bits per heavy atom. The van der Waals surface area contributed by atoms with Crippen LogP contribution < -0.4 is 10.6 Å². The summed E-state index contributed by atoms with van der Waals surface area (Å²) in [6, 6.07) is 6.73. The molecule has 24 heavy (non-hydrogen) atoms. The van der Waals surface area contributed by atoms with Crippen LogP contribution in [-0.2, 0) is 9.59 Å². The van der Waals surface area contributed by atoms with Crippen molar-refractivity contribution in [3.63, 3.8) is 0 Å². The van der Waals surface area contributed by atoms with Gasteiger partial charge in [0.2, 0.25) is 11.8 Å². The van der Waals surface area contributed by atoms with E-state index in [0.29, 0.717) is 28.9 Å². The maximum atomic E-state index is 12.1. The molecule has 1 unspecified atom stereocenters. The van der Waals surface area contributed by atoms with Gasteiger partial charge in [-0.25, -0.2) is 0 Å². The number of thioether (sulfide) groups is 1. The quantitative estimate of drug-likeness (QED) is 0.774. The lowest BCUT2D eigenvalue weighted by molar-refractivity contribution is -0.122. The van der Waals surface area contributed by atoms with Gasteiger partial charge in [0.15, 0.2) is 11.0 Å². The van der Waals surface area contributed by atoms with Crippen LogP contribution in [0.5, 0.6) is 0 Å². The number of amides is 2. The molecule has 1 aliphatic heterocycles. The van der Waals surface area contributed by atoms with Crippen molar-refractivity contribution in [2.75, 3.05) is 11.9 Å². The molecule has 0 saturated carbocycles. The molecule has 1 fully saturated rings. The number of aliphatic imine (C=N–C) groups is 1. The summed E-state index contributed by atoms with van der Waals surface area (Å²) < 4.78 is 0. The first-order chi connectivity index (χ1) is 11.3. The second-order valence-corrected chi connectivity index (χ2v) is 7.22. The molecule has 2 N–H and O–H groups in total. The zero-order chi connectivity index (χ0) is 17.7. The topological polar surface area (TPSA) is 87.6 Å². The number of Topliss-reactive ketones (excluding diaryl/α,β-unsaturated/α-hetero) is 1. The van der Waals surface area contributed by atoms with Crippen LogP contribution in [0.25, 0.3) is 0 Å². The minimum atomic E-state index is -0.480. The van der Waals surface area contributed by atoms with Gasteiger partial charge in [0.05, 0.1) is 0 Å². The van der Waals surface area contributed by atoms with Gasteiger partial charge in [-0.1, -0.05) is 37.7 Å². The lowest BCUT2D eigenvalue weighted by Gasteiger charge is -2.08. The van der Waals surface area contributed by atoms with Crippen LogP contribution in [0.1, 0.15) is 37.6 Å². The summed E-state index contributed by atoms with van der Waals surface area (Å²) in [5.41, 5.74) is 1.08. The molecule has 7 heteroatoms. The predicted molar refractivity (Wildman–Crippen MR) is 96.4 cm³/mol. The van der Waals surface area contributed by atoms with Crippen LogP contribution in [0.4, 0.5) is 5.69 Å². The average molecular weight is 347 g/mol. The average Bonchev–Trinajstić information content (AvgIpc) is 2.85. The first-order valence-electron chi connectivity index (χ1n) is 7.78. The van der Waals surface area contributed by atoms with Crippen LogP contribution in [0.15, 0.2) is 29.3 Å². The summed E-state index contributed by atoms with van der Waals surface area (Å²) in [7, 11) is 0. The largest absolute Gasteiger partial charge is 0.326 e. The minimum Gasteiger partial charge on any atom is -0.326 e. The minimum absolute atomic E-state index is 0.0570. The number of ketones is 1. The predicted octanol–water partition coefficient (Wildman–Crippen LogP) is 2.46. The smallest absolute Gasteiger partial charge is 0.240 e.